The van der Waals surface area contributed by atoms with Crippen molar-refractivity contribution in [2.75, 3.05) is 38.1 Å². The molecule has 0 spiro atoms. The van der Waals surface area contributed by atoms with Crippen LogP contribution in [-0.4, -0.2) is 60.8 Å². The number of ether oxygens (including phenoxy) is 1. The molecule has 3 rings (SSSR count). The lowest BCUT2D eigenvalue weighted by atomic mass is 9.98. The second-order valence-corrected chi connectivity index (χ2v) is 6.90. The van der Waals surface area contributed by atoms with Gasteiger partial charge in [0.2, 0.25) is 0 Å². The normalized spacial score (nSPS) is 22.6. The van der Waals surface area contributed by atoms with Gasteiger partial charge in [-0.3, -0.25) is 4.90 Å². The maximum absolute atomic E-state index is 13.0. The maximum Gasteiger partial charge on any atom is 0.409 e. The molecule has 0 aliphatic carbocycles. The summed E-state index contributed by atoms with van der Waals surface area (Å²) in [5.74, 6) is -0.204. The number of halogens is 1. The van der Waals surface area contributed by atoms with Crippen molar-refractivity contribution in [1.82, 2.24) is 9.80 Å². The van der Waals surface area contributed by atoms with E-state index in [0.717, 1.165) is 57.5 Å². The highest BCUT2D eigenvalue weighted by atomic mass is 19.1. The van der Waals surface area contributed by atoms with Crippen molar-refractivity contribution in [2.45, 2.75) is 44.7 Å². The summed E-state index contributed by atoms with van der Waals surface area (Å²) in [7, 11) is 0. The van der Waals surface area contributed by atoms with Crippen molar-refractivity contribution < 1.29 is 13.9 Å². The zero-order valence-electron chi connectivity index (χ0n) is 14.9. The minimum absolute atomic E-state index is 0.185. The first-order valence-corrected chi connectivity index (χ1v) is 9.33. The molecule has 1 atom stereocenters. The molecule has 1 aromatic carbocycles. The molecule has 2 saturated heterocycles. The van der Waals surface area contributed by atoms with Crippen LogP contribution in [0.3, 0.4) is 0 Å². The Kier molecular flexibility index (Phi) is 6.13. The number of carbonyl (C=O) groups is 1. The van der Waals surface area contributed by atoms with Gasteiger partial charge in [0, 0.05) is 37.4 Å². The van der Waals surface area contributed by atoms with E-state index in [9.17, 15) is 9.18 Å². The lowest BCUT2D eigenvalue weighted by Gasteiger charge is -2.42. The number of benzene rings is 1. The van der Waals surface area contributed by atoms with Gasteiger partial charge in [-0.25, -0.2) is 9.18 Å². The van der Waals surface area contributed by atoms with Crippen LogP contribution in [0.15, 0.2) is 24.3 Å². The van der Waals surface area contributed by atoms with Crippen molar-refractivity contribution >= 4 is 11.8 Å². The number of likely N-dealkylation sites (tertiary alicyclic amines) is 2. The van der Waals surface area contributed by atoms with Gasteiger partial charge in [-0.1, -0.05) is 0 Å². The fourth-order valence-electron chi connectivity index (χ4n) is 3.87. The number of anilines is 1. The van der Waals surface area contributed by atoms with E-state index in [-0.39, 0.29) is 11.9 Å². The number of hydrogen-bond acceptors (Lipinski definition) is 4. The molecular formula is C19H28FN3O2. The predicted octanol–water partition coefficient (Wildman–Crippen LogP) is 3.32. The minimum Gasteiger partial charge on any atom is -0.450 e. The number of nitrogens with zero attached hydrogens (tertiary/aromatic N) is 2. The molecule has 0 bridgehead atoms. The molecule has 5 nitrogen and oxygen atoms in total. The molecule has 1 N–H and O–H groups in total. The molecule has 138 valence electrons. The molecule has 2 fully saturated rings. The number of nitrogens with one attached hydrogen (secondary N) is 1. The number of carbonyl (C=O) groups excluding carboxylic acids is 1. The van der Waals surface area contributed by atoms with E-state index in [0.29, 0.717) is 18.7 Å². The highest BCUT2D eigenvalue weighted by Crippen LogP contribution is 2.23. The zero-order valence-corrected chi connectivity index (χ0v) is 14.9. The van der Waals surface area contributed by atoms with E-state index in [1.54, 1.807) is 12.1 Å². The van der Waals surface area contributed by atoms with E-state index in [2.05, 4.69) is 10.2 Å². The average molecular weight is 349 g/mol. The molecule has 1 amide bonds. The quantitative estimate of drug-likeness (QED) is 0.906. The summed E-state index contributed by atoms with van der Waals surface area (Å²) in [4.78, 5) is 16.2. The van der Waals surface area contributed by atoms with Gasteiger partial charge in [-0.15, -0.1) is 0 Å². The molecule has 2 aliphatic heterocycles. The average Bonchev–Trinajstić information content (AvgIpc) is 2.64. The second-order valence-electron chi connectivity index (χ2n) is 6.90. The first kappa shape index (κ1) is 18.0. The van der Waals surface area contributed by atoms with Crippen LogP contribution in [0.2, 0.25) is 0 Å². The summed E-state index contributed by atoms with van der Waals surface area (Å²) < 4.78 is 18.1. The largest absolute Gasteiger partial charge is 0.450 e. The van der Waals surface area contributed by atoms with Crippen LogP contribution >= 0.6 is 0 Å². The Labute approximate surface area is 149 Å². The Hall–Kier alpha value is -1.82. The van der Waals surface area contributed by atoms with Crippen molar-refractivity contribution in [1.29, 1.82) is 0 Å². The third kappa shape index (κ3) is 4.84. The SMILES string of the molecule is CCOC(=O)N1CCC(N2CCC[C@@H](Nc3ccc(F)cc3)C2)CC1. The van der Waals surface area contributed by atoms with Crippen molar-refractivity contribution in [2.24, 2.45) is 0 Å². The Morgan fingerprint density at radius 2 is 1.92 bits per heavy atom. The summed E-state index contributed by atoms with van der Waals surface area (Å²) in [6, 6.07) is 7.51. The topological polar surface area (TPSA) is 44.8 Å². The van der Waals surface area contributed by atoms with Gasteiger partial charge in [-0.05, 0) is 63.4 Å². The summed E-state index contributed by atoms with van der Waals surface area (Å²) in [5, 5.41) is 3.53. The lowest BCUT2D eigenvalue weighted by Crippen LogP contribution is -2.51. The smallest absolute Gasteiger partial charge is 0.409 e. The van der Waals surface area contributed by atoms with Crippen LogP contribution in [0.4, 0.5) is 14.9 Å². The predicted molar refractivity (Wildman–Crippen MR) is 96.2 cm³/mol. The summed E-state index contributed by atoms with van der Waals surface area (Å²) >= 11 is 0. The van der Waals surface area contributed by atoms with E-state index >= 15 is 0 Å². The van der Waals surface area contributed by atoms with E-state index in [1.165, 1.54) is 12.1 Å². The van der Waals surface area contributed by atoms with Gasteiger partial charge < -0.3 is 15.0 Å². The molecule has 2 aliphatic rings. The van der Waals surface area contributed by atoms with Crippen LogP contribution in [-0.2, 0) is 4.74 Å². The van der Waals surface area contributed by atoms with Crippen LogP contribution in [0, 0.1) is 5.82 Å². The molecule has 0 radical (unpaired) electrons. The lowest BCUT2D eigenvalue weighted by molar-refractivity contribution is 0.0667. The molecule has 0 saturated carbocycles. The summed E-state index contributed by atoms with van der Waals surface area (Å²) in [5.41, 5.74) is 0.977. The monoisotopic (exact) mass is 349 g/mol. The third-order valence-corrected chi connectivity index (χ3v) is 5.17. The molecule has 6 heteroatoms. The van der Waals surface area contributed by atoms with Crippen LogP contribution < -0.4 is 5.32 Å². The molecule has 2 heterocycles. The standard InChI is InChI=1S/C19H28FN3O2/c1-2-25-19(24)22-12-9-18(10-13-22)23-11-3-4-17(14-23)21-16-7-5-15(20)6-8-16/h5-8,17-18,21H,2-4,9-14H2,1H3/t17-/m1/s1. The second kappa shape index (κ2) is 8.52. The van der Waals surface area contributed by atoms with Crippen LogP contribution in [0.5, 0.6) is 0 Å². The molecular weight excluding hydrogens is 321 g/mol. The Morgan fingerprint density at radius 1 is 1.20 bits per heavy atom. The van der Waals surface area contributed by atoms with Crippen molar-refractivity contribution in [3.8, 4) is 0 Å². The Balaban J connectivity index is 1.48. The molecule has 25 heavy (non-hydrogen) atoms. The Morgan fingerprint density at radius 3 is 2.60 bits per heavy atom. The fraction of sp³-hybridized carbons (Fsp3) is 0.632. The Bertz CT molecular complexity index is 558. The highest BCUT2D eigenvalue weighted by Gasteiger charge is 2.30. The summed E-state index contributed by atoms with van der Waals surface area (Å²) in [6.07, 6.45) is 4.12. The fourth-order valence-corrected chi connectivity index (χ4v) is 3.87. The van der Waals surface area contributed by atoms with Gasteiger partial charge in [-0.2, -0.15) is 0 Å². The van der Waals surface area contributed by atoms with Crippen LogP contribution in [0.25, 0.3) is 0 Å². The first-order chi connectivity index (χ1) is 12.2. The summed E-state index contributed by atoms with van der Waals surface area (Å²) in [6.45, 7) is 5.94. The minimum atomic E-state index is -0.204. The number of piperidine rings is 2. The van der Waals surface area contributed by atoms with E-state index in [1.807, 2.05) is 11.8 Å². The van der Waals surface area contributed by atoms with Gasteiger partial charge in [0.15, 0.2) is 0 Å². The van der Waals surface area contributed by atoms with E-state index in [4.69, 9.17) is 4.74 Å². The molecule has 0 aromatic heterocycles. The van der Waals surface area contributed by atoms with Gasteiger partial charge in [0.25, 0.3) is 0 Å². The van der Waals surface area contributed by atoms with E-state index < -0.39 is 0 Å². The van der Waals surface area contributed by atoms with Gasteiger partial charge in [0.05, 0.1) is 6.61 Å². The zero-order chi connectivity index (χ0) is 17.6. The van der Waals surface area contributed by atoms with Gasteiger partial charge in [0.1, 0.15) is 5.82 Å². The van der Waals surface area contributed by atoms with Gasteiger partial charge >= 0.3 is 6.09 Å². The molecule has 0 unspecified atom stereocenters. The third-order valence-electron chi connectivity index (χ3n) is 5.17. The highest BCUT2D eigenvalue weighted by molar-refractivity contribution is 5.67. The maximum atomic E-state index is 13.0. The number of rotatable bonds is 4. The molecule has 1 aromatic rings. The first-order valence-electron chi connectivity index (χ1n) is 9.33. The van der Waals surface area contributed by atoms with Crippen LogP contribution in [0.1, 0.15) is 32.6 Å². The van der Waals surface area contributed by atoms with Crippen molar-refractivity contribution in [3.63, 3.8) is 0 Å². The number of hydrogen-bond donors (Lipinski definition) is 1. The van der Waals surface area contributed by atoms with Crippen molar-refractivity contribution in [3.05, 3.63) is 30.1 Å². The number of amides is 1.